The van der Waals surface area contributed by atoms with Gasteiger partial charge in [-0.15, -0.1) is 0 Å². The maximum absolute atomic E-state index is 5.45. The number of hydrogen-bond acceptors (Lipinski definition) is 2. The summed E-state index contributed by atoms with van der Waals surface area (Å²) < 4.78 is 6.31. The zero-order chi connectivity index (χ0) is 7.84. The minimum atomic E-state index is 0.859. The van der Waals surface area contributed by atoms with Crippen LogP contribution in [0.3, 0.4) is 0 Å². The molecular weight excluding hydrogens is 206 g/mol. The number of rotatable bonds is 0. The lowest BCUT2D eigenvalue weighted by molar-refractivity contribution is 0.275. The van der Waals surface area contributed by atoms with Crippen LogP contribution in [0.25, 0.3) is 0 Å². The van der Waals surface area contributed by atoms with E-state index in [-0.39, 0.29) is 0 Å². The fourth-order valence-electron chi connectivity index (χ4n) is 1.41. The van der Waals surface area contributed by atoms with E-state index in [1.165, 1.54) is 5.56 Å². The fourth-order valence-corrected chi connectivity index (χ4v) is 1.88. The monoisotopic (exact) mass is 215 g/mol. The van der Waals surface area contributed by atoms with Crippen molar-refractivity contribution in [2.24, 2.45) is 0 Å². The summed E-state index contributed by atoms with van der Waals surface area (Å²) in [6.45, 7) is 2.08. The van der Waals surface area contributed by atoms with Gasteiger partial charge in [0.2, 0.25) is 0 Å². The highest BCUT2D eigenvalue weighted by Crippen LogP contribution is 2.24. The second-order valence-corrected chi connectivity index (χ2v) is 3.77. The summed E-state index contributed by atoms with van der Waals surface area (Å²) in [5.41, 5.74) is 1.36. The third-order valence-corrected chi connectivity index (χ3v) is 2.43. The highest BCUT2D eigenvalue weighted by molar-refractivity contribution is 9.10. The normalized spacial score (nSPS) is 18.4. The predicted octanol–water partition coefficient (Wildman–Crippen LogP) is 2.03. The second kappa shape index (κ2) is 2.64. The number of hydrogen-bond donors (Lipinski definition) is 0. The molecule has 0 aromatic carbocycles. The molecule has 60 valence electrons. The Morgan fingerprint density at radius 3 is 3.27 bits per heavy atom. The van der Waals surface area contributed by atoms with Crippen molar-refractivity contribution in [3.8, 4) is 0 Å². The average molecular weight is 216 g/mol. The van der Waals surface area contributed by atoms with Gasteiger partial charge in [-0.05, 0) is 41.0 Å². The van der Waals surface area contributed by atoms with Gasteiger partial charge in [0, 0.05) is 6.54 Å². The number of nitrogens with zero attached hydrogens (tertiary/aromatic N) is 1. The van der Waals surface area contributed by atoms with Gasteiger partial charge in [0.15, 0.2) is 4.67 Å². The molecule has 0 saturated heterocycles. The van der Waals surface area contributed by atoms with Crippen LogP contribution >= 0.6 is 15.9 Å². The molecule has 0 bridgehead atoms. The SMILES string of the molecule is CN1CCc2cc(Br)oc2C1. The van der Waals surface area contributed by atoms with Gasteiger partial charge in [-0.1, -0.05) is 0 Å². The van der Waals surface area contributed by atoms with E-state index in [9.17, 15) is 0 Å². The molecule has 2 nitrogen and oxygen atoms in total. The molecule has 1 aliphatic heterocycles. The number of furan rings is 1. The van der Waals surface area contributed by atoms with Crippen LogP contribution in [0.1, 0.15) is 11.3 Å². The van der Waals surface area contributed by atoms with Crippen molar-refractivity contribution in [3.05, 3.63) is 22.1 Å². The summed E-state index contributed by atoms with van der Waals surface area (Å²) in [6, 6.07) is 2.07. The second-order valence-electron chi connectivity index (χ2n) is 2.99. The van der Waals surface area contributed by atoms with Crippen LogP contribution in [0.15, 0.2) is 15.2 Å². The lowest BCUT2D eigenvalue weighted by atomic mass is 10.1. The van der Waals surface area contributed by atoms with E-state index in [1.54, 1.807) is 0 Å². The molecule has 2 rings (SSSR count). The van der Waals surface area contributed by atoms with Crippen LogP contribution in [0.4, 0.5) is 0 Å². The van der Waals surface area contributed by atoms with Crippen molar-refractivity contribution in [1.82, 2.24) is 4.90 Å². The molecule has 1 aliphatic rings. The lowest BCUT2D eigenvalue weighted by Crippen LogP contribution is -2.25. The maximum atomic E-state index is 5.45. The number of likely N-dealkylation sites (N-methyl/N-ethyl adjacent to an activating group) is 1. The van der Waals surface area contributed by atoms with Crippen molar-refractivity contribution in [1.29, 1.82) is 0 Å². The van der Waals surface area contributed by atoms with Crippen molar-refractivity contribution >= 4 is 15.9 Å². The van der Waals surface area contributed by atoms with Crippen LogP contribution in [0.5, 0.6) is 0 Å². The van der Waals surface area contributed by atoms with E-state index < -0.39 is 0 Å². The Morgan fingerprint density at radius 1 is 1.64 bits per heavy atom. The molecule has 3 heteroatoms. The molecular formula is C8H10BrNO. The van der Waals surface area contributed by atoms with Gasteiger partial charge in [-0.25, -0.2) is 0 Å². The van der Waals surface area contributed by atoms with Gasteiger partial charge < -0.3 is 4.42 Å². The van der Waals surface area contributed by atoms with Crippen LogP contribution in [-0.4, -0.2) is 18.5 Å². The molecule has 1 aromatic rings. The van der Waals surface area contributed by atoms with Gasteiger partial charge in [0.05, 0.1) is 6.54 Å². The molecule has 0 spiro atoms. The molecule has 0 aliphatic carbocycles. The Hall–Kier alpha value is -0.280. The van der Waals surface area contributed by atoms with Gasteiger partial charge in [0.1, 0.15) is 5.76 Å². The van der Waals surface area contributed by atoms with Gasteiger partial charge in [-0.2, -0.15) is 0 Å². The molecule has 0 N–H and O–H groups in total. The van der Waals surface area contributed by atoms with Gasteiger partial charge in [0.25, 0.3) is 0 Å². The van der Waals surface area contributed by atoms with E-state index in [0.717, 1.165) is 29.9 Å². The largest absolute Gasteiger partial charge is 0.453 e. The third-order valence-electron chi connectivity index (χ3n) is 2.04. The molecule has 0 fully saturated rings. The van der Waals surface area contributed by atoms with Crippen molar-refractivity contribution in [2.45, 2.75) is 13.0 Å². The Labute approximate surface area is 74.3 Å². The Balaban J connectivity index is 2.34. The van der Waals surface area contributed by atoms with E-state index in [0.29, 0.717) is 0 Å². The van der Waals surface area contributed by atoms with E-state index in [2.05, 4.69) is 33.9 Å². The summed E-state index contributed by atoms with van der Waals surface area (Å²) in [5, 5.41) is 0. The van der Waals surface area contributed by atoms with E-state index in [1.807, 2.05) is 0 Å². The van der Waals surface area contributed by atoms with Crippen molar-refractivity contribution in [3.63, 3.8) is 0 Å². The minimum absolute atomic E-state index is 0.859. The summed E-state index contributed by atoms with van der Waals surface area (Å²) in [7, 11) is 2.11. The standard InChI is InChI=1S/C8H10BrNO/c1-10-3-2-6-4-8(9)11-7(6)5-10/h4H,2-3,5H2,1H3. The van der Waals surface area contributed by atoms with Crippen LogP contribution in [-0.2, 0) is 13.0 Å². The lowest BCUT2D eigenvalue weighted by Gasteiger charge is -2.20. The maximum Gasteiger partial charge on any atom is 0.169 e. The van der Waals surface area contributed by atoms with Crippen LogP contribution < -0.4 is 0 Å². The molecule has 2 heterocycles. The zero-order valence-electron chi connectivity index (χ0n) is 6.43. The molecule has 0 atom stereocenters. The van der Waals surface area contributed by atoms with Crippen LogP contribution in [0, 0.1) is 0 Å². The van der Waals surface area contributed by atoms with Gasteiger partial charge in [-0.3, -0.25) is 4.90 Å². The summed E-state index contributed by atoms with van der Waals surface area (Å²) in [6.07, 6.45) is 1.11. The first-order chi connectivity index (χ1) is 5.25. The van der Waals surface area contributed by atoms with E-state index in [4.69, 9.17) is 4.42 Å². The van der Waals surface area contributed by atoms with E-state index >= 15 is 0 Å². The number of fused-ring (bicyclic) bond motifs is 1. The van der Waals surface area contributed by atoms with Gasteiger partial charge >= 0.3 is 0 Å². The quantitative estimate of drug-likeness (QED) is 0.659. The summed E-state index contributed by atoms with van der Waals surface area (Å²) in [5.74, 6) is 1.12. The third kappa shape index (κ3) is 1.35. The summed E-state index contributed by atoms with van der Waals surface area (Å²) in [4.78, 5) is 2.26. The predicted molar refractivity (Wildman–Crippen MR) is 46.4 cm³/mol. The topological polar surface area (TPSA) is 16.4 Å². The molecule has 1 aromatic heterocycles. The number of halogens is 1. The first-order valence-corrected chi connectivity index (χ1v) is 4.50. The summed E-state index contributed by atoms with van der Waals surface area (Å²) >= 11 is 3.33. The zero-order valence-corrected chi connectivity index (χ0v) is 8.02. The highest BCUT2D eigenvalue weighted by atomic mass is 79.9. The first kappa shape index (κ1) is 7.37. The molecule has 0 amide bonds. The fraction of sp³-hybridized carbons (Fsp3) is 0.500. The Bertz CT molecular complexity index is 269. The highest BCUT2D eigenvalue weighted by Gasteiger charge is 2.16. The Kier molecular flexibility index (Phi) is 1.77. The molecule has 0 radical (unpaired) electrons. The molecule has 11 heavy (non-hydrogen) atoms. The van der Waals surface area contributed by atoms with Crippen molar-refractivity contribution in [2.75, 3.05) is 13.6 Å². The van der Waals surface area contributed by atoms with Crippen molar-refractivity contribution < 1.29 is 4.42 Å². The minimum Gasteiger partial charge on any atom is -0.453 e. The smallest absolute Gasteiger partial charge is 0.169 e. The molecule has 0 unspecified atom stereocenters. The Morgan fingerprint density at radius 2 is 2.45 bits per heavy atom. The molecule has 0 saturated carbocycles. The average Bonchev–Trinajstić information content (AvgIpc) is 2.27. The van der Waals surface area contributed by atoms with Crippen LogP contribution in [0.2, 0.25) is 0 Å². The first-order valence-electron chi connectivity index (χ1n) is 3.71.